The normalized spacial score (nSPS) is 17.9. The Morgan fingerprint density at radius 1 is 1.40 bits per heavy atom. The molecule has 1 aliphatic heterocycles. The molecule has 0 fully saturated rings. The molecule has 5 heteroatoms. The summed E-state index contributed by atoms with van der Waals surface area (Å²) in [5.74, 6) is 0.723. The highest BCUT2D eigenvalue weighted by Gasteiger charge is 2.19. The second kappa shape index (κ2) is 7.74. The number of rotatable bonds is 7. The lowest BCUT2D eigenvalue weighted by Crippen LogP contribution is -2.25. The van der Waals surface area contributed by atoms with Gasteiger partial charge in [-0.05, 0) is 38.8 Å². The number of likely N-dealkylation sites (N-methyl/N-ethyl adjacent to an activating group) is 1. The molecular weight excluding hydrogens is 270 g/mol. The van der Waals surface area contributed by atoms with E-state index in [4.69, 9.17) is 4.74 Å². The molecule has 1 aliphatic rings. The molecular formula is C15H25N3OS. The third-order valence-corrected chi connectivity index (χ3v) is 4.14. The maximum absolute atomic E-state index is 6.00. The van der Waals surface area contributed by atoms with Gasteiger partial charge in [-0.15, -0.1) is 4.37 Å². The molecule has 0 aromatic carbocycles. The molecule has 0 bridgehead atoms. The van der Waals surface area contributed by atoms with E-state index in [-0.39, 0.29) is 6.10 Å². The van der Waals surface area contributed by atoms with Gasteiger partial charge in [-0.2, -0.15) is 4.37 Å². The van der Waals surface area contributed by atoms with E-state index in [9.17, 15) is 0 Å². The summed E-state index contributed by atoms with van der Waals surface area (Å²) in [5.41, 5.74) is 2.20. The van der Waals surface area contributed by atoms with Crippen LogP contribution in [-0.2, 0) is 0 Å². The molecule has 0 spiro atoms. The average molecular weight is 295 g/mol. The highest BCUT2D eigenvalue weighted by molar-refractivity contribution is 6.99. The van der Waals surface area contributed by atoms with Crippen LogP contribution in [0.4, 0.5) is 0 Å². The van der Waals surface area contributed by atoms with Crippen LogP contribution in [0.15, 0.2) is 6.08 Å². The SMILES string of the molecule is CCCCCC(C)Oc1nsnc1C1=CCCN(C)C1. The van der Waals surface area contributed by atoms with Crippen LogP contribution in [0, 0.1) is 0 Å². The quantitative estimate of drug-likeness (QED) is 0.720. The lowest BCUT2D eigenvalue weighted by atomic mass is 10.1. The summed E-state index contributed by atoms with van der Waals surface area (Å²) in [6.07, 6.45) is 8.38. The van der Waals surface area contributed by atoms with Gasteiger partial charge in [-0.3, -0.25) is 0 Å². The summed E-state index contributed by atoms with van der Waals surface area (Å²) < 4.78 is 14.8. The summed E-state index contributed by atoms with van der Waals surface area (Å²) in [6, 6.07) is 0. The van der Waals surface area contributed by atoms with Gasteiger partial charge in [0.15, 0.2) is 0 Å². The zero-order valence-corrected chi connectivity index (χ0v) is 13.6. The van der Waals surface area contributed by atoms with E-state index in [0.717, 1.165) is 37.5 Å². The second-order valence-corrected chi connectivity index (χ2v) is 6.13. The van der Waals surface area contributed by atoms with Crippen LogP contribution in [0.2, 0.25) is 0 Å². The Balaban J connectivity index is 1.96. The van der Waals surface area contributed by atoms with Crippen LogP contribution >= 0.6 is 11.7 Å². The largest absolute Gasteiger partial charge is 0.472 e. The van der Waals surface area contributed by atoms with E-state index in [1.807, 2.05) is 0 Å². The van der Waals surface area contributed by atoms with Gasteiger partial charge >= 0.3 is 0 Å². The van der Waals surface area contributed by atoms with Crippen LogP contribution in [0.5, 0.6) is 5.88 Å². The molecule has 112 valence electrons. The maximum Gasteiger partial charge on any atom is 0.253 e. The van der Waals surface area contributed by atoms with E-state index >= 15 is 0 Å². The molecule has 0 aliphatic carbocycles. The first kappa shape index (κ1) is 15.4. The zero-order chi connectivity index (χ0) is 14.4. The van der Waals surface area contributed by atoms with Gasteiger partial charge in [0, 0.05) is 13.1 Å². The van der Waals surface area contributed by atoms with E-state index in [2.05, 4.69) is 40.6 Å². The molecule has 0 radical (unpaired) electrons. The molecule has 1 aromatic rings. The molecule has 2 rings (SSSR count). The van der Waals surface area contributed by atoms with Crippen molar-refractivity contribution < 1.29 is 4.74 Å². The van der Waals surface area contributed by atoms with E-state index in [1.54, 1.807) is 0 Å². The van der Waals surface area contributed by atoms with Gasteiger partial charge in [0.2, 0.25) is 0 Å². The molecule has 0 N–H and O–H groups in total. The average Bonchev–Trinajstić information content (AvgIpc) is 2.87. The molecule has 0 amide bonds. The third kappa shape index (κ3) is 4.28. The molecule has 1 unspecified atom stereocenters. The highest BCUT2D eigenvalue weighted by Crippen LogP contribution is 2.28. The highest BCUT2D eigenvalue weighted by atomic mass is 32.1. The minimum atomic E-state index is 0.214. The first-order chi connectivity index (χ1) is 9.70. The number of hydrogen-bond acceptors (Lipinski definition) is 5. The Bertz CT molecular complexity index is 444. The van der Waals surface area contributed by atoms with Crippen molar-refractivity contribution >= 4 is 17.3 Å². The van der Waals surface area contributed by atoms with Gasteiger partial charge in [-0.25, -0.2) is 0 Å². The van der Waals surface area contributed by atoms with Crippen LogP contribution in [0.1, 0.15) is 51.6 Å². The summed E-state index contributed by atoms with van der Waals surface area (Å²) >= 11 is 1.25. The smallest absolute Gasteiger partial charge is 0.253 e. The topological polar surface area (TPSA) is 38.3 Å². The first-order valence-electron chi connectivity index (χ1n) is 7.58. The van der Waals surface area contributed by atoms with Gasteiger partial charge in [0.25, 0.3) is 5.88 Å². The molecule has 0 saturated heterocycles. The van der Waals surface area contributed by atoms with Crippen molar-refractivity contribution in [2.75, 3.05) is 20.1 Å². The predicted molar refractivity (Wildman–Crippen MR) is 84.2 cm³/mol. The van der Waals surface area contributed by atoms with Gasteiger partial charge in [0.05, 0.1) is 17.8 Å². The van der Waals surface area contributed by atoms with Crippen molar-refractivity contribution in [3.8, 4) is 5.88 Å². The van der Waals surface area contributed by atoms with Crippen molar-refractivity contribution in [2.45, 2.75) is 52.1 Å². The fourth-order valence-corrected chi connectivity index (χ4v) is 2.97. The monoisotopic (exact) mass is 295 g/mol. The fourth-order valence-electron chi connectivity index (χ4n) is 2.45. The number of aromatic nitrogens is 2. The maximum atomic E-state index is 6.00. The van der Waals surface area contributed by atoms with E-state index < -0.39 is 0 Å². The summed E-state index contributed by atoms with van der Waals surface area (Å²) in [5, 5.41) is 0. The lowest BCUT2D eigenvalue weighted by Gasteiger charge is -2.22. The molecule has 0 saturated carbocycles. The Kier molecular flexibility index (Phi) is 5.98. The molecule has 2 heterocycles. The lowest BCUT2D eigenvalue weighted by molar-refractivity contribution is 0.199. The van der Waals surface area contributed by atoms with Crippen LogP contribution in [0.3, 0.4) is 0 Å². The van der Waals surface area contributed by atoms with Crippen LogP contribution in [0.25, 0.3) is 5.57 Å². The van der Waals surface area contributed by atoms with Crippen molar-refractivity contribution in [1.29, 1.82) is 0 Å². The number of unbranched alkanes of at least 4 members (excludes halogenated alkanes) is 2. The molecule has 1 atom stereocenters. The van der Waals surface area contributed by atoms with Crippen molar-refractivity contribution in [1.82, 2.24) is 13.6 Å². The van der Waals surface area contributed by atoms with Crippen molar-refractivity contribution in [2.24, 2.45) is 0 Å². The zero-order valence-electron chi connectivity index (χ0n) is 12.8. The Labute approximate surface area is 126 Å². The van der Waals surface area contributed by atoms with Gasteiger partial charge in [-0.1, -0.05) is 25.8 Å². The van der Waals surface area contributed by atoms with Crippen molar-refractivity contribution in [3.63, 3.8) is 0 Å². The fraction of sp³-hybridized carbons (Fsp3) is 0.733. The second-order valence-electron chi connectivity index (χ2n) is 5.60. The molecule has 4 nitrogen and oxygen atoms in total. The third-order valence-electron chi connectivity index (χ3n) is 3.63. The minimum absolute atomic E-state index is 0.214. The minimum Gasteiger partial charge on any atom is -0.472 e. The molecule has 20 heavy (non-hydrogen) atoms. The Morgan fingerprint density at radius 3 is 3.00 bits per heavy atom. The number of ether oxygens (including phenoxy) is 1. The summed E-state index contributed by atoms with van der Waals surface area (Å²) in [6.45, 7) is 6.40. The van der Waals surface area contributed by atoms with Crippen LogP contribution < -0.4 is 4.74 Å². The number of nitrogens with zero attached hydrogens (tertiary/aromatic N) is 3. The van der Waals surface area contributed by atoms with E-state index in [0.29, 0.717) is 0 Å². The van der Waals surface area contributed by atoms with Gasteiger partial charge in [0.1, 0.15) is 5.69 Å². The van der Waals surface area contributed by atoms with E-state index in [1.165, 1.54) is 36.6 Å². The number of hydrogen-bond donors (Lipinski definition) is 0. The predicted octanol–water partition coefficient (Wildman–Crippen LogP) is 3.60. The first-order valence-corrected chi connectivity index (χ1v) is 8.31. The Morgan fingerprint density at radius 2 is 2.25 bits per heavy atom. The van der Waals surface area contributed by atoms with Gasteiger partial charge < -0.3 is 9.64 Å². The summed E-state index contributed by atoms with van der Waals surface area (Å²) in [4.78, 5) is 2.31. The summed E-state index contributed by atoms with van der Waals surface area (Å²) in [7, 11) is 2.14. The molecule has 1 aromatic heterocycles. The van der Waals surface area contributed by atoms with Crippen molar-refractivity contribution in [3.05, 3.63) is 11.8 Å². The van der Waals surface area contributed by atoms with Crippen LogP contribution in [-0.4, -0.2) is 39.9 Å². The standard InChI is InChI=1S/C15H25N3OS/c1-4-5-6-8-12(2)19-15-14(16-20-17-15)13-9-7-10-18(3)11-13/h9,12H,4-8,10-11H2,1-3H3. The Hall–Kier alpha value is -0.940.